The molecule has 6 N–H and O–H groups in total. The predicted octanol–water partition coefficient (Wildman–Crippen LogP) is 1.56. The molecule has 0 aliphatic carbocycles. The van der Waals surface area contributed by atoms with Crippen molar-refractivity contribution in [2.75, 3.05) is 26.2 Å². The summed E-state index contributed by atoms with van der Waals surface area (Å²) in [6, 6.07) is 18.3. The number of carbonyl (C=O) groups is 4. The van der Waals surface area contributed by atoms with Crippen molar-refractivity contribution in [2.45, 2.75) is 72.9 Å². The SMILES string of the molecule is CC1(C)S[C@H](CNC(=O)Cc2ccccc2)N[C@H]1C(=O)NCCNC(=O)[C@@H]1N[C@@H](CNC(=O)Cc2ccccc2)SC1(C)C. The third-order valence-corrected chi connectivity index (χ3v) is 10.5. The van der Waals surface area contributed by atoms with Gasteiger partial charge in [0.15, 0.2) is 0 Å². The van der Waals surface area contributed by atoms with Crippen molar-refractivity contribution in [2.24, 2.45) is 0 Å². The van der Waals surface area contributed by atoms with Gasteiger partial charge in [-0.25, -0.2) is 0 Å². The summed E-state index contributed by atoms with van der Waals surface area (Å²) in [5.41, 5.74) is 1.91. The molecule has 0 unspecified atom stereocenters. The maximum absolute atomic E-state index is 13.0. The molecule has 2 aliphatic rings. The second kappa shape index (κ2) is 15.3. The lowest BCUT2D eigenvalue weighted by Crippen LogP contribution is -2.54. The van der Waals surface area contributed by atoms with Crippen molar-refractivity contribution in [3.8, 4) is 0 Å². The molecule has 0 aromatic heterocycles. The van der Waals surface area contributed by atoms with Crippen LogP contribution in [0.2, 0.25) is 0 Å². The maximum atomic E-state index is 13.0. The van der Waals surface area contributed by atoms with Gasteiger partial charge in [-0.3, -0.25) is 29.8 Å². The van der Waals surface area contributed by atoms with E-state index in [-0.39, 0.29) is 43.9 Å². The van der Waals surface area contributed by atoms with Crippen LogP contribution in [0.25, 0.3) is 0 Å². The molecule has 2 aliphatic heterocycles. The summed E-state index contributed by atoms with van der Waals surface area (Å²) in [5.74, 6) is -0.401. The zero-order valence-electron chi connectivity index (χ0n) is 25.8. The number of hydrogen-bond acceptors (Lipinski definition) is 8. The number of hydrogen-bond donors (Lipinski definition) is 6. The molecule has 0 bridgehead atoms. The predicted molar refractivity (Wildman–Crippen MR) is 177 cm³/mol. The van der Waals surface area contributed by atoms with Gasteiger partial charge >= 0.3 is 0 Å². The summed E-state index contributed by atoms with van der Waals surface area (Å²) in [5, 5.41) is 18.3. The molecule has 238 valence electrons. The van der Waals surface area contributed by atoms with E-state index in [4.69, 9.17) is 0 Å². The highest BCUT2D eigenvalue weighted by Gasteiger charge is 2.46. The Bertz CT molecular complexity index is 1190. The highest BCUT2D eigenvalue weighted by Crippen LogP contribution is 2.38. The van der Waals surface area contributed by atoms with E-state index < -0.39 is 12.1 Å². The molecule has 2 heterocycles. The lowest BCUT2D eigenvalue weighted by molar-refractivity contribution is -0.125. The van der Waals surface area contributed by atoms with E-state index in [0.29, 0.717) is 39.0 Å². The van der Waals surface area contributed by atoms with E-state index in [9.17, 15) is 19.2 Å². The second-order valence-electron chi connectivity index (χ2n) is 12.1. The summed E-state index contributed by atoms with van der Waals surface area (Å²) in [4.78, 5) is 50.8. The average molecular weight is 641 g/mol. The Morgan fingerprint density at radius 2 is 0.977 bits per heavy atom. The first kappa shape index (κ1) is 33.8. The first-order chi connectivity index (χ1) is 20.9. The highest BCUT2D eigenvalue weighted by molar-refractivity contribution is 8.01. The van der Waals surface area contributed by atoms with Gasteiger partial charge in [-0.1, -0.05) is 60.7 Å². The first-order valence-corrected chi connectivity index (χ1v) is 16.7. The van der Waals surface area contributed by atoms with E-state index in [1.165, 1.54) is 0 Å². The minimum absolute atomic E-state index is 0.0579. The quantitative estimate of drug-likeness (QED) is 0.181. The fraction of sp³-hybridized carbons (Fsp3) is 0.500. The number of rotatable bonds is 13. The highest BCUT2D eigenvalue weighted by atomic mass is 32.2. The van der Waals surface area contributed by atoms with Crippen molar-refractivity contribution in [1.29, 1.82) is 0 Å². The molecular formula is C32H44N6O4S2. The van der Waals surface area contributed by atoms with Crippen molar-refractivity contribution in [1.82, 2.24) is 31.9 Å². The monoisotopic (exact) mass is 640 g/mol. The van der Waals surface area contributed by atoms with E-state index in [0.717, 1.165) is 11.1 Å². The minimum Gasteiger partial charge on any atom is -0.353 e. The molecule has 12 heteroatoms. The fourth-order valence-corrected chi connectivity index (χ4v) is 8.20. The molecule has 2 aromatic carbocycles. The number of amides is 4. The van der Waals surface area contributed by atoms with Gasteiger partial charge in [0.1, 0.15) is 12.1 Å². The van der Waals surface area contributed by atoms with Gasteiger partial charge in [0.25, 0.3) is 0 Å². The maximum Gasteiger partial charge on any atom is 0.238 e. The molecule has 4 atom stereocenters. The van der Waals surface area contributed by atoms with Gasteiger partial charge in [0.05, 0.1) is 23.6 Å². The lowest BCUT2D eigenvalue weighted by atomic mass is 10.0. The molecule has 2 aromatic rings. The summed E-state index contributed by atoms with van der Waals surface area (Å²) in [6.07, 6.45) is 0.630. The van der Waals surface area contributed by atoms with Crippen LogP contribution in [0.4, 0.5) is 0 Å². The zero-order chi connectivity index (χ0) is 31.7. The molecule has 4 amide bonds. The Hall–Kier alpha value is -3.06. The van der Waals surface area contributed by atoms with E-state index in [1.54, 1.807) is 23.5 Å². The van der Waals surface area contributed by atoms with E-state index >= 15 is 0 Å². The molecule has 0 radical (unpaired) electrons. The topological polar surface area (TPSA) is 140 Å². The zero-order valence-corrected chi connectivity index (χ0v) is 27.4. The second-order valence-corrected chi connectivity index (χ2v) is 15.8. The minimum atomic E-state index is -0.441. The lowest BCUT2D eigenvalue weighted by Gasteiger charge is -2.25. The summed E-state index contributed by atoms with van der Waals surface area (Å²) in [6.45, 7) is 9.45. The van der Waals surface area contributed by atoms with Gasteiger partial charge < -0.3 is 21.3 Å². The van der Waals surface area contributed by atoms with E-state index in [2.05, 4.69) is 31.9 Å². The Labute approximate surface area is 268 Å². The van der Waals surface area contributed by atoms with Crippen LogP contribution in [-0.4, -0.2) is 82.1 Å². The van der Waals surface area contributed by atoms with Crippen molar-refractivity contribution in [3.05, 3.63) is 71.8 Å². The molecule has 4 rings (SSSR count). The van der Waals surface area contributed by atoms with Gasteiger partial charge in [-0.05, 0) is 38.8 Å². The van der Waals surface area contributed by atoms with Gasteiger partial charge in [-0.2, -0.15) is 0 Å². The smallest absolute Gasteiger partial charge is 0.238 e. The molecule has 2 saturated heterocycles. The number of thioether (sulfide) groups is 2. The largest absolute Gasteiger partial charge is 0.353 e. The van der Waals surface area contributed by atoms with Crippen LogP contribution in [0.5, 0.6) is 0 Å². The van der Waals surface area contributed by atoms with Gasteiger partial charge in [0, 0.05) is 35.7 Å². The standard InChI is InChI=1S/C32H44N6O4S2/c1-31(2)27(37-25(43-31)19-35-23(39)17-21-11-7-5-8-12-21)29(41)33-15-16-34-30(42)28-32(3,4)44-26(38-28)20-36-24(40)18-22-13-9-6-10-14-22/h5-14,25-28,37-38H,15-20H2,1-4H3,(H,33,41)(H,34,42)(H,35,39)(H,36,40)/t25-,26-,27+,28+/m1/s1. The van der Waals surface area contributed by atoms with E-state index in [1.807, 2.05) is 88.4 Å². The number of nitrogens with one attached hydrogen (secondary N) is 6. The number of benzene rings is 2. The summed E-state index contributed by atoms with van der Waals surface area (Å²) in [7, 11) is 0. The average Bonchev–Trinajstić information content (AvgIpc) is 3.47. The number of carbonyl (C=O) groups excluding carboxylic acids is 4. The molecule has 2 fully saturated rings. The third kappa shape index (κ3) is 9.72. The Morgan fingerprint density at radius 1 is 0.614 bits per heavy atom. The first-order valence-electron chi connectivity index (χ1n) is 15.0. The third-order valence-electron chi connectivity index (χ3n) is 7.62. The van der Waals surface area contributed by atoms with Crippen molar-refractivity contribution >= 4 is 47.2 Å². The van der Waals surface area contributed by atoms with Crippen molar-refractivity contribution < 1.29 is 19.2 Å². The molecule has 44 heavy (non-hydrogen) atoms. The van der Waals surface area contributed by atoms with Gasteiger partial charge in [-0.15, -0.1) is 23.5 Å². The van der Waals surface area contributed by atoms with Crippen LogP contribution < -0.4 is 31.9 Å². The Balaban J connectivity index is 1.14. The fourth-order valence-electron chi connectivity index (χ4n) is 5.37. The molecule has 0 saturated carbocycles. The normalized spacial score (nSPS) is 23.5. The van der Waals surface area contributed by atoms with Crippen LogP contribution >= 0.6 is 23.5 Å². The summed E-state index contributed by atoms with van der Waals surface area (Å²) < 4.78 is -0.745. The van der Waals surface area contributed by atoms with Crippen LogP contribution in [0.1, 0.15) is 38.8 Å². The van der Waals surface area contributed by atoms with Crippen LogP contribution in [0.15, 0.2) is 60.7 Å². The van der Waals surface area contributed by atoms with Crippen LogP contribution in [0.3, 0.4) is 0 Å². The van der Waals surface area contributed by atoms with Crippen molar-refractivity contribution in [3.63, 3.8) is 0 Å². The molecular weight excluding hydrogens is 597 g/mol. The van der Waals surface area contributed by atoms with Crippen LogP contribution in [0, 0.1) is 0 Å². The summed E-state index contributed by atoms with van der Waals surface area (Å²) >= 11 is 3.25. The van der Waals surface area contributed by atoms with Crippen LogP contribution in [-0.2, 0) is 32.0 Å². The molecule has 10 nitrogen and oxygen atoms in total. The molecule has 0 spiro atoms. The van der Waals surface area contributed by atoms with Gasteiger partial charge in [0.2, 0.25) is 23.6 Å². The Morgan fingerprint density at radius 3 is 1.34 bits per heavy atom. The Kier molecular flexibility index (Phi) is 11.8.